The summed E-state index contributed by atoms with van der Waals surface area (Å²) in [7, 11) is 0. The van der Waals surface area contributed by atoms with E-state index in [0.29, 0.717) is 12.5 Å². The van der Waals surface area contributed by atoms with Crippen LogP contribution in [0.2, 0.25) is 0 Å². The summed E-state index contributed by atoms with van der Waals surface area (Å²) in [6.07, 6.45) is 2.36. The molecule has 1 saturated heterocycles. The molecule has 0 spiro atoms. The van der Waals surface area contributed by atoms with Crippen molar-refractivity contribution in [1.82, 2.24) is 15.5 Å². The van der Waals surface area contributed by atoms with Gasteiger partial charge in [0.15, 0.2) is 0 Å². The molecule has 3 rings (SSSR count). The fourth-order valence-electron chi connectivity index (χ4n) is 3.12. The number of carbonyl (C=O) groups excluding carboxylic acids is 1. The second-order valence-corrected chi connectivity index (χ2v) is 6.06. The first-order valence-corrected chi connectivity index (χ1v) is 7.56. The Morgan fingerprint density at radius 2 is 2.25 bits per heavy atom. The van der Waals surface area contributed by atoms with Gasteiger partial charge in [0.25, 0.3) is 0 Å². The van der Waals surface area contributed by atoms with E-state index >= 15 is 0 Å². The van der Waals surface area contributed by atoms with Gasteiger partial charge in [0.05, 0.1) is 0 Å². The Kier molecular flexibility index (Phi) is 3.92. The van der Waals surface area contributed by atoms with Crippen LogP contribution in [-0.4, -0.2) is 24.0 Å². The molecule has 2 heterocycles. The number of nitrogens with one attached hydrogen (secondary N) is 2. The van der Waals surface area contributed by atoms with Crippen molar-refractivity contribution in [2.75, 3.05) is 13.1 Å². The molecule has 1 atom stereocenters. The second kappa shape index (κ2) is 5.83. The first-order valence-electron chi connectivity index (χ1n) is 7.56. The lowest BCUT2D eigenvalue weighted by molar-refractivity contribution is 0.169. The van der Waals surface area contributed by atoms with Crippen LogP contribution < -0.4 is 10.6 Å². The minimum atomic E-state index is 0.0789. The molecule has 2 aliphatic rings. The van der Waals surface area contributed by atoms with Gasteiger partial charge in [0.2, 0.25) is 0 Å². The number of benzene rings is 1. The number of carbonyl (C=O) groups is 1. The van der Waals surface area contributed by atoms with Crippen molar-refractivity contribution in [3.05, 3.63) is 34.9 Å². The zero-order valence-electron chi connectivity index (χ0n) is 12.1. The molecule has 4 nitrogen and oxygen atoms in total. The average Bonchev–Trinajstić information content (AvgIpc) is 2.92. The standard InChI is InChI=1S/C16H23N3O/c1-12-3-2-6-19(11-12)16(20)18-8-13-4-5-14-9-17-10-15(14)7-13/h4-5,7,12,17H,2-3,6,8-11H2,1H3,(H,18,20). The van der Waals surface area contributed by atoms with Crippen molar-refractivity contribution < 1.29 is 4.79 Å². The maximum absolute atomic E-state index is 12.2. The Morgan fingerprint density at radius 3 is 3.10 bits per heavy atom. The lowest BCUT2D eigenvalue weighted by Crippen LogP contribution is -2.44. The highest BCUT2D eigenvalue weighted by molar-refractivity contribution is 5.74. The Balaban J connectivity index is 1.55. The summed E-state index contributed by atoms with van der Waals surface area (Å²) < 4.78 is 0. The molecule has 20 heavy (non-hydrogen) atoms. The van der Waals surface area contributed by atoms with Crippen molar-refractivity contribution >= 4 is 6.03 Å². The third-order valence-electron chi connectivity index (χ3n) is 4.29. The van der Waals surface area contributed by atoms with Gasteiger partial charge in [0.1, 0.15) is 0 Å². The zero-order chi connectivity index (χ0) is 13.9. The van der Waals surface area contributed by atoms with Gasteiger partial charge in [-0.25, -0.2) is 4.79 Å². The molecule has 1 aromatic carbocycles. The van der Waals surface area contributed by atoms with Crippen molar-refractivity contribution in [1.29, 1.82) is 0 Å². The van der Waals surface area contributed by atoms with Crippen molar-refractivity contribution in [3.8, 4) is 0 Å². The molecular weight excluding hydrogens is 250 g/mol. The van der Waals surface area contributed by atoms with Crippen LogP contribution >= 0.6 is 0 Å². The van der Waals surface area contributed by atoms with E-state index in [4.69, 9.17) is 0 Å². The van der Waals surface area contributed by atoms with Crippen molar-refractivity contribution in [2.24, 2.45) is 5.92 Å². The Hall–Kier alpha value is -1.55. The molecular formula is C16H23N3O. The minimum absolute atomic E-state index is 0.0789. The van der Waals surface area contributed by atoms with E-state index in [1.165, 1.54) is 23.1 Å². The summed E-state index contributed by atoms with van der Waals surface area (Å²) in [4.78, 5) is 14.1. The van der Waals surface area contributed by atoms with Crippen LogP contribution in [0, 0.1) is 5.92 Å². The van der Waals surface area contributed by atoms with Gasteiger partial charge in [-0.1, -0.05) is 25.1 Å². The molecule has 0 aromatic heterocycles. The normalized spacial score (nSPS) is 21.6. The van der Waals surface area contributed by atoms with Gasteiger partial charge in [-0.15, -0.1) is 0 Å². The van der Waals surface area contributed by atoms with Gasteiger partial charge in [0, 0.05) is 32.7 Å². The van der Waals surface area contributed by atoms with E-state index < -0.39 is 0 Å². The van der Waals surface area contributed by atoms with Crippen LogP contribution in [0.1, 0.15) is 36.5 Å². The molecule has 0 radical (unpaired) electrons. The van der Waals surface area contributed by atoms with Crippen LogP contribution in [-0.2, 0) is 19.6 Å². The van der Waals surface area contributed by atoms with Crippen LogP contribution in [0.25, 0.3) is 0 Å². The van der Waals surface area contributed by atoms with E-state index in [2.05, 4.69) is 35.8 Å². The Bertz CT molecular complexity index is 500. The highest BCUT2D eigenvalue weighted by Gasteiger charge is 2.20. The van der Waals surface area contributed by atoms with Gasteiger partial charge < -0.3 is 15.5 Å². The minimum Gasteiger partial charge on any atom is -0.334 e. The fourth-order valence-corrected chi connectivity index (χ4v) is 3.12. The van der Waals surface area contributed by atoms with Gasteiger partial charge in [-0.05, 0) is 35.4 Å². The molecule has 0 bridgehead atoms. The highest BCUT2D eigenvalue weighted by Crippen LogP contribution is 2.18. The van der Waals surface area contributed by atoms with Crippen molar-refractivity contribution in [3.63, 3.8) is 0 Å². The summed E-state index contributed by atoms with van der Waals surface area (Å²) in [5.41, 5.74) is 3.93. The third-order valence-corrected chi connectivity index (χ3v) is 4.29. The summed E-state index contributed by atoms with van der Waals surface area (Å²) >= 11 is 0. The predicted molar refractivity (Wildman–Crippen MR) is 79.2 cm³/mol. The van der Waals surface area contributed by atoms with Crippen LogP contribution in [0.15, 0.2) is 18.2 Å². The van der Waals surface area contributed by atoms with Gasteiger partial charge >= 0.3 is 6.03 Å². The number of likely N-dealkylation sites (tertiary alicyclic amines) is 1. The smallest absolute Gasteiger partial charge is 0.317 e. The molecule has 0 aliphatic carbocycles. The SMILES string of the molecule is CC1CCCN(C(=O)NCc2ccc3c(c2)CNC3)C1. The first kappa shape index (κ1) is 13.4. The molecule has 2 aliphatic heterocycles. The summed E-state index contributed by atoms with van der Waals surface area (Å²) in [5, 5.41) is 6.39. The molecule has 2 N–H and O–H groups in total. The molecule has 4 heteroatoms. The number of fused-ring (bicyclic) bond motifs is 1. The quantitative estimate of drug-likeness (QED) is 0.868. The van der Waals surface area contributed by atoms with E-state index in [0.717, 1.165) is 32.6 Å². The van der Waals surface area contributed by atoms with Gasteiger partial charge in [-0.2, -0.15) is 0 Å². The van der Waals surface area contributed by atoms with Crippen LogP contribution in [0.3, 0.4) is 0 Å². The highest BCUT2D eigenvalue weighted by atomic mass is 16.2. The monoisotopic (exact) mass is 273 g/mol. The fraction of sp³-hybridized carbons (Fsp3) is 0.562. The summed E-state index contributed by atoms with van der Waals surface area (Å²) in [6, 6.07) is 6.56. The molecule has 0 saturated carbocycles. The summed E-state index contributed by atoms with van der Waals surface area (Å²) in [6.45, 7) is 6.53. The largest absolute Gasteiger partial charge is 0.334 e. The third kappa shape index (κ3) is 2.96. The van der Waals surface area contributed by atoms with Crippen LogP contribution in [0.5, 0.6) is 0 Å². The maximum atomic E-state index is 12.2. The number of hydrogen-bond acceptors (Lipinski definition) is 2. The average molecular weight is 273 g/mol. The molecule has 1 unspecified atom stereocenters. The number of rotatable bonds is 2. The molecule has 1 aromatic rings. The lowest BCUT2D eigenvalue weighted by atomic mass is 10.0. The van der Waals surface area contributed by atoms with E-state index in [-0.39, 0.29) is 6.03 Å². The van der Waals surface area contributed by atoms with E-state index in [1.807, 2.05) is 4.90 Å². The predicted octanol–water partition coefficient (Wildman–Crippen LogP) is 2.23. The summed E-state index contributed by atoms with van der Waals surface area (Å²) in [5.74, 6) is 0.626. The zero-order valence-corrected chi connectivity index (χ0v) is 12.1. The second-order valence-electron chi connectivity index (χ2n) is 6.06. The number of amides is 2. The van der Waals surface area contributed by atoms with Crippen LogP contribution in [0.4, 0.5) is 4.79 Å². The molecule has 108 valence electrons. The number of urea groups is 1. The maximum Gasteiger partial charge on any atom is 0.317 e. The Labute approximate surface area is 120 Å². The first-order chi connectivity index (χ1) is 9.72. The number of hydrogen-bond donors (Lipinski definition) is 2. The van der Waals surface area contributed by atoms with E-state index in [1.54, 1.807) is 0 Å². The van der Waals surface area contributed by atoms with E-state index in [9.17, 15) is 4.79 Å². The Morgan fingerprint density at radius 1 is 1.40 bits per heavy atom. The number of nitrogens with zero attached hydrogens (tertiary/aromatic N) is 1. The topological polar surface area (TPSA) is 44.4 Å². The molecule has 1 fully saturated rings. The van der Waals surface area contributed by atoms with Gasteiger partial charge in [-0.3, -0.25) is 0 Å². The number of piperidine rings is 1. The lowest BCUT2D eigenvalue weighted by Gasteiger charge is -2.31. The van der Waals surface area contributed by atoms with Crippen molar-refractivity contribution in [2.45, 2.75) is 39.4 Å². The molecule has 2 amide bonds.